The van der Waals surface area contributed by atoms with Crippen molar-refractivity contribution in [2.75, 3.05) is 36.5 Å². The fraction of sp³-hybridized carbons (Fsp3) is 0.480. The number of H-pyrrole nitrogens is 1. The van der Waals surface area contributed by atoms with Crippen molar-refractivity contribution in [2.45, 2.75) is 120 Å². The number of nitro groups is 1. The monoisotopic (exact) mass is 951 g/mol. The summed E-state index contributed by atoms with van der Waals surface area (Å²) in [6.45, 7) is 9.29. The molecule has 5 aromatic rings. The third-order valence-corrected chi connectivity index (χ3v) is 17.0. The van der Waals surface area contributed by atoms with E-state index in [1.54, 1.807) is 37.4 Å². The van der Waals surface area contributed by atoms with Gasteiger partial charge >= 0.3 is 0 Å². The highest BCUT2D eigenvalue weighted by Gasteiger charge is 2.50. The summed E-state index contributed by atoms with van der Waals surface area (Å²) in [5, 5.41) is 27.1. The van der Waals surface area contributed by atoms with Crippen molar-refractivity contribution in [1.29, 1.82) is 0 Å². The first-order valence-electron chi connectivity index (χ1n) is 23.6. The van der Waals surface area contributed by atoms with Gasteiger partial charge in [0.15, 0.2) is 11.4 Å². The van der Waals surface area contributed by atoms with Gasteiger partial charge in [0, 0.05) is 60.6 Å². The average molecular weight is 953 g/mol. The van der Waals surface area contributed by atoms with Crippen molar-refractivity contribution < 1.29 is 32.7 Å². The van der Waals surface area contributed by atoms with Gasteiger partial charge in [-0.25, -0.2) is 18.1 Å². The Morgan fingerprint density at radius 2 is 1.81 bits per heavy atom. The van der Waals surface area contributed by atoms with E-state index in [9.17, 15) is 28.4 Å². The number of likely N-dealkylation sites (tertiary alicyclic amines) is 1. The van der Waals surface area contributed by atoms with E-state index >= 15 is 0 Å². The number of carbonyl (C=O) groups excluding carboxylic acids is 1. The molecular formula is C50H58ClN7O8S. The van der Waals surface area contributed by atoms with Gasteiger partial charge in [0.2, 0.25) is 0 Å². The van der Waals surface area contributed by atoms with Crippen molar-refractivity contribution in [3.05, 3.63) is 105 Å². The quantitative estimate of drug-likeness (QED) is 0.0725. The Kier molecular flexibility index (Phi) is 11.9. The van der Waals surface area contributed by atoms with E-state index in [0.29, 0.717) is 59.7 Å². The molecule has 0 unspecified atom stereocenters. The molecule has 17 heteroatoms. The van der Waals surface area contributed by atoms with Gasteiger partial charge in [0.05, 0.1) is 38.2 Å². The fourth-order valence-corrected chi connectivity index (χ4v) is 12.7. The lowest BCUT2D eigenvalue weighted by atomic mass is 9.59. The van der Waals surface area contributed by atoms with E-state index in [1.807, 2.05) is 0 Å². The van der Waals surface area contributed by atoms with Crippen LogP contribution in [0.5, 0.6) is 17.2 Å². The van der Waals surface area contributed by atoms with Crippen LogP contribution >= 0.6 is 11.6 Å². The van der Waals surface area contributed by atoms with Crippen LogP contribution in [-0.4, -0.2) is 83.1 Å². The standard InChI is InChI=1S/C50H58ClN7O8S/c1-30(2)36-7-4-5-8-37(36)42-9-6-18-57(42)33-25-50(26-33)16-19-56(20-17-50)32-10-11-38(44(21-32)66-34-22-39-40(51)28-53-47(39)52-27-34)48(59)55-67(63,64)35-23-43(58(61)62)46-45(24-35)65-29-41(54-46)31-12-14-49(3,60)15-13-31/h4-5,7-8,10-11,21-24,27-28,30-31,33,41-42,54,60H,6,9,12-20,25-26,29H2,1-3H3,(H,52,53)(H,55,59)/t31-,41-,42-,49-/m1/s1. The number of anilines is 2. The van der Waals surface area contributed by atoms with E-state index in [0.717, 1.165) is 44.2 Å². The molecule has 5 aliphatic rings. The van der Waals surface area contributed by atoms with Gasteiger partial charge in [-0.15, -0.1) is 0 Å². The normalized spacial score (nSPS) is 24.2. The number of carbonyl (C=O) groups is 1. The van der Waals surface area contributed by atoms with Gasteiger partial charge < -0.3 is 29.8 Å². The molecule has 5 heterocycles. The molecule has 3 aliphatic heterocycles. The van der Waals surface area contributed by atoms with E-state index in [1.165, 1.54) is 49.1 Å². The minimum absolute atomic E-state index is 0.00542. The average Bonchev–Trinajstić information content (AvgIpc) is 3.94. The van der Waals surface area contributed by atoms with Crippen molar-refractivity contribution in [3.63, 3.8) is 0 Å². The molecule has 2 aliphatic carbocycles. The smallest absolute Gasteiger partial charge is 0.297 e. The number of aliphatic hydroxyl groups is 1. The predicted octanol–water partition coefficient (Wildman–Crippen LogP) is 9.86. The zero-order valence-corrected chi connectivity index (χ0v) is 39.7. The number of benzene rings is 3. The maximum absolute atomic E-state index is 14.1. The van der Waals surface area contributed by atoms with Gasteiger partial charge in [-0.3, -0.25) is 19.8 Å². The van der Waals surface area contributed by atoms with Crippen LogP contribution in [0, 0.1) is 21.4 Å². The van der Waals surface area contributed by atoms with E-state index < -0.39 is 37.0 Å². The molecule has 10 rings (SSSR count). The first-order valence-corrected chi connectivity index (χ1v) is 25.5. The fourth-order valence-electron chi connectivity index (χ4n) is 11.5. The maximum atomic E-state index is 14.1. The Balaban J connectivity index is 0.863. The number of rotatable bonds is 11. The molecule has 2 atom stereocenters. The highest BCUT2D eigenvalue weighted by atomic mass is 35.5. The Labute approximate surface area is 395 Å². The van der Waals surface area contributed by atoms with Crippen LogP contribution in [0.15, 0.2) is 78.0 Å². The number of ether oxygens (including phenoxy) is 2. The molecular weight excluding hydrogens is 894 g/mol. The number of aromatic amines is 1. The maximum Gasteiger partial charge on any atom is 0.297 e. The SMILES string of the molecule is CC(C)c1ccccc1[C@H]1CCCN1C1CC2(CCN(c3ccc(C(=O)NS(=O)(=O)c4cc5c(c([N+](=O)[O-])c4)N[C@@H]([C@H]4CC[C@](C)(O)CC4)CO5)c(Oc4cnc5[nH]cc(Cl)c5c4)c3)CC2)C1. The summed E-state index contributed by atoms with van der Waals surface area (Å²) in [6.07, 6.45) is 12.6. The zero-order chi connectivity index (χ0) is 46.8. The summed E-state index contributed by atoms with van der Waals surface area (Å²) in [4.78, 5) is 37.9. The van der Waals surface area contributed by atoms with Crippen molar-refractivity contribution in [2.24, 2.45) is 11.3 Å². The summed E-state index contributed by atoms with van der Waals surface area (Å²) in [6, 6.07) is 18.7. The van der Waals surface area contributed by atoms with Crippen molar-refractivity contribution >= 4 is 55.6 Å². The number of nitro benzene ring substituents is 1. The minimum atomic E-state index is -4.68. The number of nitrogens with one attached hydrogen (secondary N) is 3. The number of nitrogens with zero attached hydrogens (tertiary/aromatic N) is 4. The predicted molar refractivity (Wildman–Crippen MR) is 257 cm³/mol. The van der Waals surface area contributed by atoms with E-state index in [-0.39, 0.29) is 52.5 Å². The van der Waals surface area contributed by atoms with Gasteiger partial charge in [0.1, 0.15) is 23.8 Å². The molecule has 15 nitrogen and oxygen atoms in total. The lowest BCUT2D eigenvalue weighted by molar-refractivity contribution is -0.384. The lowest BCUT2D eigenvalue weighted by Crippen LogP contribution is -2.54. The molecule has 0 bridgehead atoms. The Morgan fingerprint density at radius 3 is 2.55 bits per heavy atom. The highest BCUT2D eigenvalue weighted by Crippen LogP contribution is 2.54. The van der Waals surface area contributed by atoms with E-state index in [2.05, 4.69) is 67.9 Å². The van der Waals surface area contributed by atoms with Gasteiger partial charge in [-0.1, -0.05) is 49.7 Å². The number of sulfonamides is 1. The third kappa shape index (κ3) is 8.93. The van der Waals surface area contributed by atoms with Crippen molar-refractivity contribution in [1.82, 2.24) is 19.6 Å². The number of hydrogen-bond donors (Lipinski definition) is 4. The second kappa shape index (κ2) is 17.6. The minimum Gasteiger partial charge on any atom is -0.489 e. The number of hydrogen-bond acceptors (Lipinski definition) is 12. The summed E-state index contributed by atoms with van der Waals surface area (Å²) in [7, 11) is -4.68. The second-order valence-electron chi connectivity index (χ2n) is 20.1. The van der Waals surface area contributed by atoms with E-state index in [4.69, 9.17) is 21.1 Å². The summed E-state index contributed by atoms with van der Waals surface area (Å²) in [5.74, 6) is -0.0262. The molecule has 3 aromatic carbocycles. The summed E-state index contributed by atoms with van der Waals surface area (Å²) < 4.78 is 42.5. The molecule has 67 heavy (non-hydrogen) atoms. The van der Waals surface area contributed by atoms with Crippen molar-refractivity contribution in [3.8, 4) is 17.2 Å². The first kappa shape index (κ1) is 45.4. The summed E-state index contributed by atoms with van der Waals surface area (Å²) in [5.41, 5.74) is 3.36. The number of amides is 1. The van der Waals surface area contributed by atoms with Crippen LogP contribution in [0.2, 0.25) is 5.02 Å². The van der Waals surface area contributed by atoms with Crippen LogP contribution < -0.4 is 24.4 Å². The molecule has 2 saturated heterocycles. The number of halogens is 1. The second-order valence-corrected chi connectivity index (χ2v) is 22.2. The number of piperidine rings is 1. The van der Waals surface area contributed by atoms with Crippen LogP contribution in [0.4, 0.5) is 17.1 Å². The van der Waals surface area contributed by atoms with Crippen LogP contribution in [0.1, 0.15) is 118 Å². The molecule has 0 radical (unpaired) electrons. The Bertz CT molecular complexity index is 2830. The molecule has 2 saturated carbocycles. The largest absolute Gasteiger partial charge is 0.489 e. The molecule has 2 aromatic heterocycles. The van der Waals surface area contributed by atoms with Gasteiger partial charge in [-0.05, 0) is 124 Å². The number of aromatic nitrogens is 2. The summed E-state index contributed by atoms with van der Waals surface area (Å²) >= 11 is 6.42. The highest BCUT2D eigenvalue weighted by molar-refractivity contribution is 7.90. The van der Waals surface area contributed by atoms with Crippen LogP contribution in [-0.2, 0) is 10.0 Å². The number of fused-ring (bicyclic) bond motifs is 2. The Morgan fingerprint density at radius 1 is 1.04 bits per heavy atom. The van der Waals surface area contributed by atoms with Crippen LogP contribution in [0.25, 0.3) is 11.0 Å². The Hall–Kier alpha value is -5.42. The lowest BCUT2D eigenvalue weighted by Gasteiger charge is -2.56. The zero-order valence-electron chi connectivity index (χ0n) is 38.1. The molecule has 4 N–H and O–H groups in total. The molecule has 354 valence electrons. The van der Waals surface area contributed by atoms with Gasteiger partial charge in [-0.2, -0.15) is 0 Å². The first-order chi connectivity index (χ1) is 32.1. The molecule has 4 fully saturated rings. The van der Waals surface area contributed by atoms with Gasteiger partial charge in [0.25, 0.3) is 21.6 Å². The third-order valence-electron chi connectivity index (χ3n) is 15.4. The molecule has 1 amide bonds. The topological polar surface area (TPSA) is 192 Å². The molecule has 1 spiro atoms. The van der Waals surface area contributed by atoms with Crippen LogP contribution in [0.3, 0.4) is 0 Å². The number of pyridine rings is 1.